The Labute approximate surface area is 368 Å². The van der Waals surface area contributed by atoms with E-state index in [1.807, 2.05) is 51.1 Å². The lowest BCUT2D eigenvalue weighted by molar-refractivity contribution is -0.419. The minimum Gasteiger partial charge on any atom is -0.542 e. The first-order valence-corrected chi connectivity index (χ1v) is 21.4. The Morgan fingerprint density at radius 1 is 0.873 bits per heavy atom. The van der Waals surface area contributed by atoms with Crippen molar-refractivity contribution in [2.45, 2.75) is 155 Å². The van der Waals surface area contributed by atoms with E-state index in [0.717, 1.165) is 37.7 Å². The van der Waals surface area contributed by atoms with Gasteiger partial charge in [0, 0.05) is 7.05 Å². The van der Waals surface area contributed by atoms with Crippen LogP contribution in [0.5, 0.6) is 0 Å². The van der Waals surface area contributed by atoms with Crippen LogP contribution in [0.15, 0.2) is 30.3 Å². The zero-order valence-corrected chi connectivity index (χ0v) is 37.8. The highest BCUT2D eigenvalue weighted by Crippen LogP contribution is 2.22. The number of unbranched alkanes of at least 4 members (excludes halogenated alkanes) is 5. The first-order chi connectivity index (χ1) is 29.4. The van der Waals surface area contributed by atoms with Crippen LogP contribution in [0.25, 0.3) is 0 Å². The van der Waals surface area contributed by atoms with Gasteiger partial charge in [0.15, 0.2) is 12.1 Å². The highest BCUT2D eigenvalue weighted by atomic mass is 19.4. The topological polar surface area (TPSA) is 268 Å². The molecule has 0 saturated carbocycles. The van der Waals surface area contributed by atoms with Crippen LogP contribution in [0.1, 0.15) is 112 Å². The molecule has 0 radical (unpaired) electrons. The van der Waals surface area contributed by atoms with Gasteiger partial charge in [-0.2, -0.15) is 13.2 Å². The SMILES string of the molecule is CCCCCCCC[C@@H](OC(=O)CNC(=O)[C@@H]([NH3+])[C@H](C)O)[C@@H](C)C(=O)N(C)[C@@H](CC(C)C)C(=O)N[C@H](C(=O)N[C@@H](COCc1ccccc1)C(=O)O)[C@H](C)CC.O=C([O-])C(F)(F)F. The molecule has 17 nitrogen and oxygen atoms in total. The van der Waals surface area contributed by atoms with Crippen LogP contribution in [0.2, 0.25) is 0 Å². The van der Waals surface area contributed by atoms with Crippen LogP contribution in [0, 0.1) is 17.8 Å². The standard InChI is InChI=1S/C41H69N5O10.C2HF3O2/c1-9-11-12-13-14-18-21-33(56-34(48)23-43-38(50)35(42)29(7)47)28(6)40(52)46(8)32(22-26(3)4)37(49)45-36(27(5)10-2)39(51)44-31(41(53)54)25-55-24-30-19-16-15-17-20-30;3-2(4,5)1(6)7/h15-17,19-20,26-29,31-33,35-36,47H,9-14,18,21-25,42H2,1-8H3,(H,43,50)(H,44,51)(H,45,49)(H,53,54);(H,6,7)/t27-,28-,29+,31+,32+,33-,35+,36+;/m1./s1. The molecule has 0 fully saturated rings. The summed E-state index contributed by atoms with van der Waals surface area (Å²) < 4.78 is 42.9. The Morgan fingerprint density at radius 2 is 1.44 bits per heavy atom. The van der Waals surface area contributed by atoms with Crippen molar-refractivity contribution >= 4 is 41.5 Å². The first-order valence-electron chi connectivity index (χ1n) is 21.4. The van der Waals surface area contributed by atoms with Gasteiger partial charge < -0.3 is 56.2 Å². The number of quaternary nitrogens is 1. The maximum atomic E-state index is 14.1. The number of carboxylic acid groups (broad SMARTS) is 2. The third kappa shape index (κ3) is 23.4. The van der Waals surface area contributed by atoms with Crippen LogP contribution in [-0.4, -0.2) is 119 Å². The van der Waals surface area contributed by atoms with Crippen molar-refractivity contribution in [2.75, 3.05) is 20.2 Å². The highest BCUT2D eigenvalue weighted by molar-refractivity contribution is 5.94. The van der Waals surface area contributed by atoms with Gasteiger partial charge in [-0.25, -0.2) is 4.79 Å². The number of aliphatic hydroxyl groups is 1. The first kappa shape index (κ1) is 58.2. The molecule has 63 heavy (non-hydrogen) atoms. The van der Waals surface area contributed by atoms with Crippen LogP contribution in [0.4, 0.5) is 13.2 Å². The summed E-state index contributed by atoms with van der Waals surface area (Å²) in [6, 6.07) is 4.72. The second kappa shape index (κ2) is 30.3. The second-order valence-electron chi connectivity index (χ2n) is 16.1. The molecular weight excluding hydrogens is 835 g/mol. The highest BCUT2D eigenvalue weighted by Gasteiger charge is 2.38. The minimum atomic E-state index is -5.19. The second-order valence-corrected chi connectivity index (χ2v) is 16.1. The molecule has 360 valence electrons. The molecule has 1 aromatic rings. The third-order valence-electron chi connectivity index (χ3n) is 10.2. The summed E-state index contributed by atoms with van der Waals surface area (Å²) in [6.45, 7) is 12.0. The number of carbonyl (C=O) groups is 7. The fourth-order valence-corrected chi connectivity index (χ4v) is 6.03. The Balaban J connectivity index is 0.00000503. The Bertz CT molecular complexity index is 1570. The molecule has 0 spiro atoms. The summed E-state index contributed by atoms with van der Waals surface area (Å²) in [4.78, 5) is 89.2. The van der Waals surface area contributed by atoms with E-state index in [1.165, 1.54) is 18.9 Å². The van der Waals surface area contributed by atoms with Gasteiger partial charge in [0.25, 0.3) is 5.91 Å². The summed E-state index contributed by atoms with van der Waals surface area (Å²) in [5, 5.41) is 36.1. The van der Waals surface area contributed by atoms with E-state index < -0.39 is 96.6 Å². The number of nitrogens with zero attached hydrogens (tertiary/aromatic N) is 1. The maximum absolute atomic E-state index is 14.1. The number of alkyl halides is 3. The minimum absolute atomic E-state index is 0.0378. The van der Waals surface area contributed by atoms with Gasteiger partial charge in [0.1, 0.15) is 36.8 Å². The van der Waals surface area contributed by atoms with Crippen molar-refractivity contribution in [1.82, 2.24) is 20.9 Å². The number of benzene rings is 1. The zero-order valence-electron chi connectivity index (χ0n) is 37.8. The predicted molar refractivity (Wildman–Crippen MR) is 223 cm³/mol. The summed E-state index contributed by atoms with van der Waals surface area (Å²) in [5.74, 6) is -8.67. The van der Waals surface area contributed by atoms with Gasteiger partial charge in [-0.1, -0.05) is 110 Å². The van der Waals surface area contributed by atoms with Crippen molar-refractivity contribution < 1.29 is 77.3 Å². The Kier molecular flexibility index (Phi) is 28.0. The van der Waals surface area contributed by atoms with E-state index in [0.29, 0.717) is 19.3 Å². The van der Waals surface area contributed by atoms with Gasteiger partial charge in [-0.3, -0.25) is 24.0 Å². The number of amides is 4. The molecule has 20 heteroatoms. The largest absolute Gasteiger partial charge is 0.542 e. The normalized spacial score (nSPS) is 15.1. The van der Waals surface area contributed by atoms with Gasteiger partial charge in [-0.15, -0.1) is 0 Å². The third-order valence-corrected chi connectivity index (χ3v) is 10.2. The molecule has 0 unspecified atom stereocenters. The number of hydrogen-bond donors (Lipinski definition) is 6. The van der Waals surface area contributed by atoms with Crippen molar-refractivity contribution in [2.24, 2.45) is 17.8 Å². The molecule has 0 aliphatic heterocycles. The molecule has 0 aliphatic carbocycles. The molecule has 1 aromatic carbocycles. The van der Waals surface area contributed by atoms with Crippen molar-refractivity contribution in [3.63, 3.8) is 0 Å². The molecule has 0 heterocycles. The monoisotopic (exact) mass is 905 g/mol. The van der Waals surface area contributed by atoms with Crippen molar-refractivity contribution in [1.29, 1.82) is 0 Å². The van der Waals surface area contributed by atoms with E-state index in [4.69, 9.17) is 19.4 Å². The summed E-state index contributed by atoms with van der Waals surface area (Å²) in [6.07, 6.45) is -0.113. The number of halogens is 3. The number of aliphatic carboxylic acids is 2. The molecule has 4 amide bonds. The molecule has 8 atom stereocenters. The Hall–Kier alpha value is -4.82. The van der Waals surface area contributed by atoms with Gasteiger partial charge >= 0.3 is 18.1 Å². The van der Waals surface area contributed by atoms with Crippen molar-refractivity contribution in [3.8, 4) is 0 Å². The molecular formula is C43H70F3N5O12. The zero-order chi connectivity index (χ0) is 48.4. The van der Waals surface area contributed by atoms with Crippen LogP contribution in [-0.2, 0) is 49.6 Å². The average Bonchev–Trinajstić information content (AvgIpc) is 3.22. The maximum Gasteiger partial charge on any atom is 0.430 e. The molecule has 1 rings (SSSR count). The van der Waals surface area contributed by atoms with Crippen LogP contribution < -0.4 is 26.8 Å². The number of carbonyl (C=O) groups excluding carboxylic acids is 6. The van der Waals surface area contributed by atoms with Crippen molar-refractivity contribution in [3.05, 3.63) is 35.9 Å². The number of esters is 1. The van der Waals surface area contributed by atoms with E-state index in [9.17, 15) is 52.2 Å². The summed E-state index contributed by atoms with van der Waals surface area (Å²) >= 11 is 0. The van der Waals surface area contributed by atoms with Crippen LogP contribution in [0.3, 0.4) is 0 Å². The lowest BCUT2D eigenvalue weighted by Crippen LogP contribution is -2.72. The lowest BCUT2D eigenvalue weighted by atomic mass is 9.94. The van der Waals surface area contributed by atoms with Gasteiger partial charge in [0.05, 0.1) is 19.1 Å². The number of carboxylic acids is 2. The van der Waals surface area contributed by atoms with E-state index in [2.05, 4.69) is 28.6 Å². The number of hydrogen-bond acceptors (Lipinski definition) is 11. The Morgan fingerprint density at radius 3 is 1.95 bits per heavy atom. The van der Waals surface area contributed by atoms with E-state index in [-0.39, 0.29) is 31.5 Å². The molecule has 0 bridgehead atoms. The number of ether oxygens (including phenoxy) is 2. The fourth-order valence-electron chi connectivity index (χ4n) is 6.03. The smallest absolute Gasteiger partial charge is 0.430 e. The molecule has 8 N–H and O–H groups in total. The molecule has 0 aromatic heterocycles. The summed E-state index contributed by atoms with van der Waals surface area (Å²) in [7, 11) is 1.50. The molecule has 0 saturated heterocycles. The van der Waals surface area contributed by atoms with E-state index in [1.54, 1.807) is 13.8 Å². The van der Waals surface area contributed by atoms with Gasteiger partial charge in [0.2, 0.25) is 17.7 Å². The quantitative estimate of drug-likeness (QED) is 0.0520. The number of aliphatic hydroxyl groups excluding tert-OH is 1. The predicted octanol–water partition coefficient (Wildman–Crippen LogP) is 1.88. The molecule has 0 aliphatic rings. The number of nitrogens with one attached hydrogen (secondary N) is 3. The number of likely N-dealkylation sites (N-methyl/N-ethyl adjacent to an activating group) is 1. The lowest BCUT2D eigenvalue weighted by Gasteiger charge is -2.34. The number of rotatable bonds is 28. The van der Waals surface area contributed by atoms with Crippen LogP contribution >= 0.6 is 0 Å². The average molecular weight is 906 g/mol. The van der Waals surface area contributed by atoms with E-state index >= 15 is 0 Å². The summed E-state index contributed by atoms with van der Waals surface area (Å²) in [5.41, 5.74) is 4.44. The fraction of sp³-hybridized carbons (Fsp3) is 0.698. The van der Waals surface area contributed by atoms with Gasteiger partial charge in [-0.05, 0) is 43.6 Å².